The van der Waals surface area contributed by atoms with Crippen LogP contribution in [-0.2, 0) is 19.1 Å². The monoisotopic (exact) mass is 330 g/mol. The summed E-state index contributed by atoms with van der Waals surface area (Å²) in [4.78, 5) is 25.0. The van der Waals surface area contributed by atoms with Crippen LogP contribution in [-0.4, -0.2) is 35.9 Å². The highest BCUT2D eigenvalue weighted by molar-refractivity contribution is 6.07. The van der Waals surface area contributed by atoms with E-state index in [1.54, 1.807) is 32.0 Å². The van der Waals surface area contributed by atoms with Crippen LogP contribution >= 0.6 is 0 Å². The molecule has 0 bridgehead atoms. The molecule has 0 aliphatic carbocycles. The number of esters is 2. The number of aliphatic hydroxyl groups excluding tert-OH is 1. The van der Waals surface area contributed by atoms with Gasteiger partial charge in [-0.25, -0.2) is 9.59 Å². The molecule has 2 aromatic carbocycles. The summed E-state index contributed by atoms with van der Waals surface area (Å²) in [5, 5.41) is 12.4. The number of hydrogen-bond donors (Lipinski definition) is 1. The van der Waals surface area contributed by atoms with Gasteiger partial charge in [0.25, 0.3) is 0 Å². The standard InChI is InChI=1S/C18H18O6/c1-3-22-16(20)18(17(21)23-4-2)15(19)14-12-8-6-5-7-11(12)9-10-13(14)24-18/h5-10,15,19H,3-4H2,1-2H3. The molecule has 3 rings (SSSR count). The van der Waals surface area contributed by atoms with Crippen LogP contribution in [0.15, 0.2) is 36.4 Å². The molecule has 0 aromatic heterocycles. The molecule has 0 amide bonds. The molecule has 6 heteroatoms. The van der Waals surface area contributed by atoms with E-state index in [9.17, 15) is 14.7 Å². The summed E-state index contributed by atoms with van der Waals surface area (Å²) >= 11 is 0. The molecule has 0 saturated carbocycles. The molecule has 0 saturated heterocycles. The maximum Gasteiger partial charge on any atom is 0.365 e. The Morgan fingerprint density at radius 1 is 1.08 bits per heavy atom. The second kappa shape index (κ2) is 6.13. The highest BCUT2D eigenvalue weighted by Gasteiger charge is 2.63. The van der Waals surface area contributed by atoms with Gasteiger partial charge in [0.1, 0.15) is 11.9 Å². The Balaban J connectivity index is 2.17. The van der Waals surface area contributed by atoms with Crippen molar-refractivity contribution >= 4 is 22.7 Å². The summed E-state index contributed by atoms with van der Waals surface area (Å²) in [7, 11) is 0. The first kappa shape index (κ1) is 16.3. The fraction of sp³-hybridized carbons (Fsp3) is 0.333. The Morgan fingerprint density at radius 2 is 1.71 bits per heavy atom. The highest BCUT2D eigenvalue weighted by atomic mass is 16.6. The molecule has 2 aromatic rings. The van der Waals surface area contributed by atoms with Crippen LogP contribution in [0.4, 0.5) is 0 Å². The van der Waals surface area contributed by atoms with Crippen molar-refractivity contribution in [2.45, 2.75) is 25.6 Å². The molecule has 1 aliphatic heterocycles. The number of carbonyl (C=O) groups is 2. The van der Waals surface area contributed by atoms with Crippen LogP contribution in [0.2, 0.25) is 0 Å². The van der Waals surface area contributed by atoms with Gasteiger partial charge >= 0.3 is 17.5 Å². The van der Waals surface area contributed by atoms with Crippen molar-refractivity contribution in [2.24, 2.45) is 0 Å². The molecular formula is C18H18O6. The lowest BCUT2D eigenvalue weighted by Gasteiger charge is -2.26. The van der Waals surface area contributed by atoms with Gasteiger partial charge in [-0.1, -0.05) is 30.3 Å². The number of ether oxygens (including phenoxy) is 3. The fourth-order valence-electron chi connectivity index (χ4n) is 2.95. The Kier molecular flexibility index (Phi) is 4.15. The first-order valence-corrected chi connectivity index (χ1v) is 7.79. The summed E-state index contributed by atoms with van der Waals surface area (Å²) in [5.41, 5.74) is -1.85. The van der Waals surface area contributed by atoms with E-state index in [0.717, 1.165) is 5.39 Å². The van der Waals surface area contributed by atoms with Gasteiger partial charge in [-0.15, -0.1) is 0 Å². The average Bonchev–Trinajstić information content (AvgIpc) is 2.90. The molecule has 24 heavy (non-hydrogen) atoms. The third-order valence-electron chi connectivity index (χ3n) is 4.02. The van der Waals surface area contributed by atoms with E-state index < -0.39 is 23.6 Å². The normalized spacial score (nSPS) is 17.9. The Morgan fingerprint density at radius 3 is 2.33 bits per heavy atom. The van der Waals surface area contributed by atoms with E-state index in [0.29, 0.717) is 10.9 Å². The highest BCUT2D eigenvalue weighted by Crippen LogP contribution is 2.47. The second-order valence-corrected chi connectivity index (χ2v) is 5.38. The van der Waals surface area contributed by atoms with Crippen molar-refractivity contribution in [1.82, 2.24) is 0 Å². The van der Waals surface area contributed by atoms with Crippen LogP contribution in [0.5, 0.6) is 5.75 Å². The molecule has 0 spiro atoms. The number of hydrogen-bond acceptors (Lipinski definition) is 6. The lowest BCUT2D eigenvalue weighted by atomic mass is 9.90. The predicted molar refractivity (Wildman–Crippen MR) is 85.5 cm³/mol. The van der Waals surface area contributed by atoms with Crippen molar-refractivity contribution in [3.05, 3.63) is 42.0 Å². The van der Waals surface area contributed by atoms with Crippen molar-refractivity contribution in [2.75, 3.05) is 13.2 Å². The van der Waals surface area contributed by atoms with E-state index in [4.69, 9.17) is 14.2 Å². The summed E-state index contributed by atoms with van der Waals surface area (Å²) in [6.45, 7) is 3.32. The first-order chi connectivity index (χ1) is 11.6. The molecule has 1 N–H and O–H groups in total. The van der Waals surface area contributed by atoms with Gasteiger partial charge in [-0.2, -0.15) is 0 Å². The number of benzene rings is 2. The van der Waals surface area contributed by atoms with Gasteiger partial charge in [0.05, 0.1) is 13.2 Å². The summed E-state index contributed by atoms with van der Waals surface area (Å²) < 4.78 is 15.6. The van der Waals surface area contributed by atoms with Crippen molar-refractivity contribution in [1.29, 1.82) is 0 Å². The van der Waals surface area contributed by atoms with E-state index in [1.165, 1.54) is 0 Å². The largest absolute Gasteiger partial charge is 0.462 e. The zero-order valence-electron chi connectivity index (χ0n) is 13.4. The summed E-state index contributed by atoms with van der Waals surface area (Å²) in [6.07, 6.45) is -1.52. The molecule has 1 aliphatic rings. The Bertz CT molecular complexity index is 779. The third kappa shape index (κ3) is 2.22. The maximum atomic E-state index is 12.5. The van der Waals surface area contributed by atoms with Gasteiger partial charge in [0.2, 0.25) is 0 Å². The Labute approximate surface area is 138 Å². The zero-order chi connectivity index (χ0) is 17.3. The molecular weight excluding hydrogens is 312 g/mol. The quantitative estimate of drug-likeness (QED) is 0.683. The van der Waals surface area contributed by atoms with Crippen LogP contribution in [0.3, 0.4) is 0 Å². The SMILES string of the molecule is CCOC(=O)C1(C(=O)OCC)Oc2ccc3ccccc3c2C1O. The van der Waals surface area contributed by atoms with Gasteiger partial charge in [0.15, 0.2) is 0 Å². The second-order valence-electron chi connectivity index (χ2n) is 5.38. The molecule has 6 nitrogen and oxygen atoms in total. The van der Waals surface area contributed by atoms with Crippen LogP contribution in [0.1, 0.15) is 25.5 Å². The van der Waals surface area contributed by atoms with Crippen molar-refractivity contribution in [3.8, 4) is 5.75 Å². The predicted octanol–water partition coefficient (Wildman–Crippen LogP) is 2.13. The number of aliphatic hydroxyl groups is 1. The van der Waals surface area contributed by atoms with E-state index in [-0.39, 0.29) is 19.0 Å². The van der Waals surface area contributed by atoms with Crippen molar-refractivity contribution in [3.63, 3.8) is 0 Å². The van der Waals surface area contributed by atoms with E-state index >= 15 is 0 Å². The van der Waals surface area contributed by atoms with Gasteiger partial charge in [-0.3, -0.25) is 0 Å². The average molecular weight is 330 g/mol. The molecule has 0 radical (unpaired) electrons. The van der Waals surface area contributed by atoms with E-state index in [1.807, 2.05) is 18.2 Å². The molecule has 1 unspecified atom stereocenters. The van der Waals surface area contributed by atoms with Crippen LogP contribution in [0, 0.1) is 0 Å². The molecule has 1 atom stereocenters. The van der Waals surface area contributed by atoms with Gasteiger partial charge < -0.3 is 19.3 Å². The van der Waals surface area contributed by atoms with E-state index in [2.05, 4.69) is 0 Å². The summed E-state index contributed by atoms with van der Waals surface area (Å²) in [6, 6.07) is 10.8. The van der Waals surface area contributed by atoms with Crippen LogP contribution in [0.25, 0.3) is 10.8 Å². The number of carbonyl (C=O) groups excluding carboxylic acids is 2. The molecule has 126 valence electrons. The third-order valence-corrected chi connectivity index (χ3v) is 4.02. The topological polar surface area (TPSA) is 82.1 Å². The van der Waals surface area contributed by atoms with Gasteiger partial charge in [0, 0.05) is 5.56 Å². The van der Waals surface area contributed by atoms with Crippen LogP contribution < -0.4 is 4.74 Å². The number of fused-ring (bicyclic) bond motifs is 3. The smallest absolute Gasteiger partial charge is 0.365 e. The minimum atomic E-state index is -2.24. The molecule has 0 fully saturated rings. The lowest BCUT2D eigenvalue weighted by Crippen LogP contribution is -2.55. The maximum absolute atomic E-state index is 12.5. The lowest BCUT2D eigenvalue weighted by molar-refractivity contribution is -0.187. The van der Waals surface area contributed by atoms with Gasteiger partial charge in [-0.05, 0) is 30.7 Å². The zero-order valence-corrected chi connectivity index (χ0v) is 13.4. The minimum Gasteiger partial charge on any atom is -0.462 e. The molecule has 1 heterocycles. The van der Waals surface area contributed by atoms with Crippen molar-refractivity contribution < 1.29 is 28.9 Å². The summed E-state index contributed by atoms with van der Waals surface area (Å²) in [5.74, 6) is -1.66. The first-order valence-electron chi connectivity index (χ1n) is 7.79. The fourth-order valence-corrected chi connectivity index (χ4v) is 2.95. The number of rotatable bonds is 4. The minimum absolute atomic E-state index is 0.0488. The Hall–Kier alpha value is -2.60.